The van der Waals surface area contributed by atoms with Gasteiger partial charge < -0.3 is 25.4 Å². The third-order valence-corrected chi connectivity index (χ3v) is 2.80. The largest absolute Gasteiger partial charge is 0.497 e. The van der Waals surface area contributed by atoms with Gasteiger partial charge in [0.2, 0.25) is 0 Å². The third kappa shape index (κ3) is 6.40. The number of hydrogen-bond acceptors (Lipinski definition) is 4. The topological polar surface area (TPSA) is 72.1 Å². The first-order valence-electron chi connectivity index (χ1n) is 6.54. The summed E-state index contributed by atoms with van der Waals surface area (Å²) in [6.45, 7) is 3.10. The molecule has 0 unspecified atom stereocenters. The molecule has 20 heavy (non-hydrogen) atoms. The fourth-order valence-electron chi connectivity index (χ4n) is 1.56. The number of methoxy groups -OCH3 is 2. The van der Waals surface area contributed by atoms with Gasteiger partial charge in [-0.05, 0) is 31.3 Å². The first kappa shape index (κ1) is 16.3. The van der Waals surface area contributed by atoms with Gasteiger partial charge in [-0.1, -0.05) is 0 Å². The number of nitrogens with zero attached hydrogens (tertiary/aromatic N) is 2. The molecule has 6 nitrogen and oxygen atoms in total. The number of likely N-dealkylation sites (N-methyl/N-ethyl adjacent to an activating group) is 1. The van der Waals surface area contributed by atoms with Crippen LogP contribution in [0.2, 0.25) is 0 Å². The van der Waals surface area contributed by atoms with Crippen LogP contribution < -0.4 is 15.8 Å². The molecule has 0 atom stereocenters. The minimum Gasteiger partial charge on any atom is -0.497 e. The molecule has 0 fully saturated rings. The lowest BCUT2D eigenvalue weighted by atomic mass is 10.3. The maximum Gasteiger partial charge on any atom is 0.193 e. The van der Waals surface area contributed by atoms with E-state index >= 15 is 0 Å². The standard InChI is InChI=1S/C14H24N4O2/c1-18(10-11-19-2)9-8-16-14(15)17-12-4-6-13(20-3)7-5-12/h4-7H,8-11H2,1-3H3,(H3,15,16,17). The van der Waals surface area contributed by atoms with Gasteiger partial charge in [0.05, 0.1) is 20.3 Å². The van der Waals surface area contributed by atoms with E-state index in [0.29, 0.717) is 12.5 Å². The molecule has 112 valence electrons. The first-order chi connectivity index (χ1) is 9.65. The fraction of sp³-hybridized carbons (Fsp3) is 0.500. The number of benzene rings is 1. The summed E-state index contributed by atoms with van der Waals surface area (Å²) in [5.41, 5.74) is 6.72. The second-order valence-electron chi connectivity index (χ2n) is 4.42. The van der Waals surface area contributed by atoms with Crippen molar-refractivity contribution in [3.63, 3.8) is 0 Å². The van der Waals surface area contributed by atoms with E-state index in [-0.39, 0.29) is 0 Å². The van der Waals surface area contributed by atoms with Gasteiger partial charge in [0.1, 0.15) is 5.75 Å². The van der Waals surface area contributed by atoms with Crippen molar-refractivity contribution in [2.24, 2.45) is 10.7 Å². The van der Waals surface area contributed by atoms with Crippen LogP contribution in [0.4, 0.5) is 5.69 Å². The summed E-state index contributed by atoms with van der Waals surface area (Å²) in [6.07, 6.45) is 0. The van der Waals surface area contributed by atoms with E-state index in [9.17, 15) is 0 Å². The minimum atomic E-state index is 0.412. The quantitative estimate of drug-likeness (QED) is 0.549. The molecule has 0 saturated heterocycles. The maximum atomic E-state index is 5.83. The zero-order chi connectivity index (χ0) is 14.8. The van der Waals surface area contributed by atoms with Crippen molar-refractivity contribution in [3.05, 3.63) is 24.3 Å². The lowest BCUT2D eigenvalue weighted by Gasteiger charge is -2.14. The number of hydrogen-bond donors (Lipinski definition) is 2. The molecule has 0 heterocycles. The maximum absolute atomic E-state index is 5.83. The number of aliphatic imine (C=N–C) groups is 1. The Bertz CT molecular complexity index is 406. The van der Waals surface area contributed by atoms with Gasteiger partial charge in [-0.15, -0.1) is 0 Å². The highest BCUT2D eigenvalue weighted by molar-refractivity contribution is 5.92. The molecule has 0 amide bonds. The molecule has 1 aromatic rings. The average molecular weight is 280 g/mol. The number of anilines is 1. The second kappa shape index (κ2) is 9.17. The molecule has 0 bridgehead atoms. The van der Waals surface area contributed by atoms with Gasteiger partial charge >= 0.3 is 0 Å². The summed E-state index contributed by atoms with van der Waals surface area (Å²) in [6, 6.07) is 7.53. The van der Waals surface area contributed by atoms with Gasteiger partial charge in [0, 0.05) is 25.9 Å². The van der Waals surface area contributed by atoms with Gasteiger partial charge in [-0.3, -0.25) is 4.99 Å². The molecule has 0 spiro atoms. The zero-order valence-electron chi connectivity index (χ0n) is 12.4. The number of nitrogens with one attached hydrogen (secondary N) is 1. The summed E-state index contributed by atoms with van der Waals surface area (Å²) in [5, 5.41) is 3.04. The van der Waals surface area contributed by atoms with Crippen LogP contribution in [0, 0.1) is 0 Å². The predicted molar refractivity (Wildman–Crippen MR) is 82.5 cm³/mol. The molecule has 1 rings (SSSR count). The summed E-state index contributed by atoms with van der Waals surface area (Å²) >= 11 is 0. The number of ether oxygens (including phenoxy) is 2. The molecule has 0 aliphatic heterocycles. The van der Waals surface area contributed by atoms with Crippen LogP contribution in [-0.2, 0) is 4.74 Å². The Morgan fingerprint density at radius 3 is 2.55 bits per heavy atom. The molecular weight excluding hydrogens is 256 g/mol. The Balaban J connectivity index is 2.33. The minimum absolute atomic E-state index is 0.412. The van der Waals surface area contributed by atoms with Crippen molar-refractivity contribution < 1.29 is 9.47 Å². The van der Waals surface area contributed by atoms with Gasteiger partial charge in [0.15, 0.2) is 5.96 Å². The highest BCUT2D eigenvalue weighted by Crippen LogP contribution is 2.14. The van der Waals surface area contributed by atoms with E-state index in [0.717, 1.165) is 31.1 Å². The van der Waals surface area contributed by atoms with Crippen molar-refractivity contribution in [2.45, 2.75) is 0 Å². The van der Waals surface area contributed by atoms with Crippen LogP contribution in [0.15, 0.2) is 29.3 Å². The van der Waals surface area contributed by atoms with Crippen molar-refractivity contribution in [1.29, 1.82) is 0 Å². The van der Waals surface area contributed by atoms with Crippen molar-refractivity contribution in [3.8, 4) is 5.75 Å². The van der Waals surface area contributed by atoms with E-state index < -0.39 is 0 Å². The molecule has 6 heteroatoms. The van der Waals surface area contributed by atoms with Gasteiger partial charge in [-0.2, -0.15) is 0 Å². The molecule has 0 aliphatic carbocycles. The van der Waals surface area contributed by atoms with E-state index in [4.69, 9.17) is 15.2 Å². The zero-order valence-corrected chi connectivity index (χ0v) is 12.4. The summed E-state index contributed by atoms with van der Waals surface area (Å²) in [5.74, 6) is 1.22. The monoisotopic (exact) mass is 280 g/mol. The normalized spacial score (nSPS) is 11.7. The molecule has 3 N–H and O–H groups in total. The third-order valence-electron chi connectivity index (χ3n) is 2.80. The van der Waals surface area contributed by atoms with E-state index in [2.05, 4.69) is 15.2 Å². The highest BCUT2D eigenvalue weighted by Gasteiger charge is 1.98. The summed E-state index contributed by atoms with van der Waals surface area (Å²) in [7, 11) is 5.36. The van der Waals surface area contributed by atoms with Crippen LogP contribution in [0.5, 0.6) is 5.75 Å². The van der Waals surface area contributed by atoms with E-state index in [1.54, 1.807) is 14.2 Å². The van der Waals surface area contributed by atoms with Crippen molar-refractivity contribution in [1.82, 2.24) is 4.90 Å². The van der Waals surface area contributed by atoms with E-state index in [1.165, 1.54) is 0 Å². The fourth-order valence-corrected chi connectivity index (χ4v) is 1.56. The van der Waals surface area contributed by atoms with Crippen LogP contribution >= 0.6 is 0 Å². The second-order valence-corrected chi connectivity index (χ2v) is 4.42. The summed E-state index contributed by atoms with van der Waals surface area (Å²) < 4.78 is 10.1. The molecule has 0 radical (unpaired) electrons. The number of nitrogens with two attached hydrogens (primary N) is 1. The SMILES string of the molecule is COCCN(C)CCN=C(N)Nc1ccc(OC)cc1. The van der Waals surface area contributed by atoms with E-state index in [1.807, 2.05) is 31.3 Å². The Kier molecular flexibility index (Phi) is 7.46. The molecule has 1 aromatic carbocycles. The average Bonchev–Trinajstić information content (AvgIpc) is 2.46. The Morgan fingerprint density at radius 1 is 1.25 bits per heavy atom. The first-order valence-corrected chi connectivity index (χ1v) is 6.54. The van der Waals surface area contributed by atoms with Crippen molar-refractivity contribution in [2.75, 3.05) is 52.8 Å². The molecule has 0 aliphatic rings. The Hall–Kier alpha value is -1.79. The van der Waals surface area contributed by atoms with Crippen LogP contribution in [0.25, 0.3) is 0 Å². The molecular formula is C14H24N4O2. The van der Waals surface area contributed by atoms with Crippen molar-refractivity contribution >= 4 is 11.6 Å². The smallest absolute Gasteiger partial charge is 0.193 e. The Labute approximate surface area is 120 Å². The number of rotatable bonds is 8. The van der Waals surface area contributed by atoms with Crippen LogP contribution in [-0.4, -0.2) is 58.4 Å². The lowest BCUT2D eigenvalue weighted by Crippen LogP contribution is -2.28. The Morgan fingerprint density at radius 2 is 1.95 bits per heavy atom. The predicted octanol–water partition coefficient (Wildman–Crippen LogP) is 1.00. The summed E-state index contributed by atoms with van der Waals surface area (Å²) in [4.78, 5) is 6.43. The molecule has 0 saturated carbocycles. The van der Waals surface area contributed by atoms with Crippen LogP contribution in [0.1, 0.15) is 0 Å². The molecule has 0 aromatic heterocycles. The van der Waals surface area contributed by atoms with Gasteiger partial charge in [-0.25, -0.2) is 0 Å². The lowest BCUT2D eigenvalue weighted by molar-refractivity contribution is 0.163. The number of guanidine groups is 1. The highest BCUT2D eigenvalue weighted by atomic mass is 16.5. The van der Waals surface area contributed by atoms with Crippen LogP contribution in [0.3, 0.4) is 0 Å². The van der Waals surface area contributed by atoms with Gasteiger partial charge in [0.25, 0.3) is 0 Å².